The Morgan fingerprint density at radius 3 is 2.73 bits per heavy atom. The summed E-state index contributed by atoms with van der Waals surface area (Å²) in [7, 11) is 1.95. The van der Waals surface area contributed by atoms with E-state index in [1.165, 1.54) is 5.56 Å². The SMILES string of the molecule is Cc1cccc(NC(=O)CN(C)CCc2ccccn2)c1C. The highest BCUT2D eigenvalue weighted by Crippen LogP contribution is 2.17. The number of rotatable bonds is 6. The summed E-state index contributed by atoms with van der Waals surface area (Å²) < 4.78 is 0. The monoisotopic (exact) mass is 297 g/mol. The van der Waals surface area contributed by atoms with E-state index >= 15 is 0 Å². The molecule has 0 radical (unpaired) electrons. The second kappa shape index (κ2) is 7.71. The highest BCUT2D eigenvalue weighted by molar-refractivity contribution is 5.93. The number of aryl methyl sites for hydroxylation is 1. The zero-order chi connectivity index (χ0) is 15.9. The van der Waals surface area contributed by atoms with Crippen LogP contribution in [0.2, 0.25) is 0 Å². The van der Waals surface area contributed by atoms with Crippen LogP contribution in [0.15, 0.2) is 42.6 Å². The highest BCUT2D eigenvalue weighted by Gasteiger charge is 2.09. The minimum Gasteiger partial charge on any atom is -0.325 e. The minimum atomic E-state index is 0.0113. The summed E-state index contributed by atoms with van der Waals surface area (Å²) in [5.41, 5.74) is 4.24. The van der Waals surface area contributed by atoms with Crippen molar-refractivity contribution in [3.8, 4) is 0 Å². The molecule has 2 aromatic rings. The van der Waals surface area contributed by atoms with Crippen molar-refractivity contribution in [1.29, 1.82) is 0 Å². The average molecular weight is 297 g/mol. The number of carbonyl (C=O) groups is 1. The fraction of sp³-hybridized carbons (Fsp3) is 0.333. The maximum absolute atomic E-state index is 12.1. The van der Waals surface area contributed by atoms with E-state index in [-0.39, 0.29) is 5.91 Å². The van der Waals surface area contributed by atoms with Crippen molar-refractivity contribution in [2.45, 2.75) is 20.3 Å². The molecule has 116 valence electrons. The van der Waals surface area contributed by atoms with Crippen LogP contribution in [0.25, 0.3) is 0 Å². The third-order valence-electron chi connectivity index (χ3n) is 3.77. The third kappa shape index (κ3) is 4.67. The van der Waals surface area contributed by atoms with Crippen LogP contribution < -0.4 is 5.32 Å². The van der Waals surface area contributed by atoms with Gasteiger partial charge in [0, 0.05) is 30.5 Å². The molecule has 22 heavy (non-hydrogen) atoms. The predicted molar refractivity (Wildman–Crippen MR) is 90.0 cm³/mol. The summed E-state index contributed by atoms with van der Waals surface area (Å²) in [6.07, 6.45) is 2.64. The van der Waals surface area contributed by atoms with Gasteiger partial charge in [0.05, 0.1) is 6.54 Å². The van der Waals surface area contributed by atoms with Crippen molar-refractivity contribution in [1.82, 2.24) is 9.88 Å². The molecule has 1 aromatic carbocycles. The van der Waals surface area contributed by atoms with Crippen LogP contribution in [0.4, 0.5) is 5.69 Å². The van der Waals surface area contributed by atoms with Gasteiger partial charge in [-0.25, -0.2) is 0 Å². The Morgan fingerprint density at radius 1 is 1.18 bits per heavy atom. The second-order valence-electron chi connectivity index (χ2n) is 5.60. The number of aromatic nitrogens is 1. The molecule has 0 saturated heterocycles. The number of nitrogens with zero attached hydrogens (tertiary/aromatic N) is 2. The molecule has 0 saturated carbocycles. The first kappa shape index (κ1) is 16.2. The molecule has 0 unspecified atom stereocenters. The van der Waals surface area contributed by atoms with Gasteiger partial charge in [-0.2, -0.15) is 0 Å². The van der Waals surface area contributed by atoms with Crippen LogP contribution in [0.3, 0.4) is 0 Å². The molecule has 0 bridgehead atoms. The Balaban J connectivity index is 1.82. The lowest BCUT2D eigenvalue weighted by molar-refractivity contribution is -0.117. The lowest BCUT2D eigenvalue weighted by atomic mass is 10.1. The van der Waals surface area contributed by atoms with E-state index in [1.54, 1.807) is 6.20 Å². The van der Waals surface area contributed by atoms with E-state index in [0.29, 0.717) is 6.54 Å². The van der Waals surface area contributed by atoms with Crippen molar-refractivity contribution in [2.75, 3.05) is 25.5 Å². The topological polar surface area (TPSA) is 45.2 Å². The molecule has 2 rings (SSSR count). The summed E-state index contributed by atoms with van der Waals surface area (Å²) in [5, 5.41) is 2.98. The molecule has 0 fully saturated rings. The summed E-state index contributed by atoms with van der Waals surface area (Å²) >= 11 is 0. The zero-order valence-electron chi connectivity index (χ0n) is 13.5. The molecule has 0 atom stereocenters. The van der Waals surface area contributed by atoms with Gasteiger partial charge in [0.2, 0.25) is 5.91 Å². The fourth-order valence-corrected chi connectivity index (χ4v) is 2.25. The van der Waals surface area contributed by atoms with Crippen LogP contribution in [0.1, 0.15) is 16.8 Å². The normalized spacial score (nSPS) is 10.7. The number of amides is 1. The number of anilines is 1. The third-order valence-corrected chi connectivity index (χ3v) is 3.77. The first-order chi connectivity index (χ1) is 10.6. The molecule has 1 heterocycles. The molecule has 1 amide bonds. The molecule has 0 spiro atoms. The molecule has 0 aliphatic carbocycles. The van der Waals surface area contributed by atoms with E-state index in [0.717, 1.165) is 29.9 Å². The molecular weight excluding hydrogens is 274 g/mol. The lowest BCUT2D eigenvalue weighted by Gasteiger charge is -2.17. The number of nitrogens with one attached hydrogen (secondary N) is 1. The molecule has 1 N–H and O–H groups in total. The molecular formula is C18H23N3O. The minimum absolute atomic E-state index is 0.0113. The molecule has 1 aromatic heterocycles. The number of hydrogen-bond donors (Lipinski definition) is 1. The highest BCUT2D eigenvalue weighted by atomic mass is 16.2. The first-order valence-electron chi connectivity index (χ1n) is 7.51. The average Bonchev–Trinajstić information content (AvgIpc) is 2.51. The first-order valence-corrected chi connectivity index (χ1v) is 7.51. The van der Waals surface area contributed by atoms with Crippen molar-refractivity contribution < 1.29 is 4.79 Å². The molecule has 4 nitrogen and oxygen atoms in total. The van der Waals surface area contributed by atoms with Gasteiger partial charge in [-0.1, -0.05) is 18.2 Å². The van der Waals surface area contributed by atoms with E-state index in [4.69, 9.17) is 0 Å². The van der Waals surface area contributed by atoms with Crippen LogP contribution in [0.5, 0.6) is 0 Å². The molecule has 0 aliphatic rings. The van der Waals surface area contributed by atoms with Gasteiger partial charge in [-0.15, -0.1) is 0 Å². The summed E-state index contributed by atoms with van der Waals surface area (Å²) in [4.78, 5) is 18.4. The van der Waals surface area contributed by atoms with Crippen molar-refractivity contribution in [3.63, 3.8) is 0 Å². The summed E-state index contributed by atoms with van der Waals surface area (Å²) in [6.45, 7) is 5.25. The van der Waals surface area contributed by atoms with Crippen molar-refractivity contribution in [2.24, 2.45) is 0 Å². The number of benzene rings is 1. The van der Waals surface area contributed by atoms with Crippen LogP contribution in [0, 0.1) is 13.8 Å². The molecule has 0 aliphatic heterocycles. The van der Waals surface area contributed by atoms with Gasteiger partial charge >= 0.3 is 0 Å². The standard InChI is InChI=1S/C18H23N3O/c1-14-7-6-9-17(15(14)2)20-18(22)13-21(3)12-10-16-8-4-5-11-19-16/h4-9,11H,10,12-13H2,1-3H3,(H,20,22). The van der Waals surface area contributed by atoms with E-state index < -0.39 is 0 Å². The van der Waals surface area contributed by atoms with Crippen LogP contribution in [-0.2, 0) is 11.2 Å². The predicted octanol–water partition coefficient (Wildman–Crippen LogP) is 2.81. The number of carbonyl (C=O) groups excluding carboxylic acids is 1. The molecule has 4 heteroatoms. The number of hydrogen-bond acceptors (Lipinski definition) is 3. The van der Waals surface area contributed by atoms with Crippen molar-refractivity contribution in [3.05, 3.63) is 59.4 Å². The number of likely N-dealkylation sites (N-methyl/N-ethyl adjacent to an activating group) is 1. The quantitative estimate of drug-likeness (QED) is 0.892. The summed E-state index contributed by atoms with van der Waals surface area (Å²) in [5.74, 6) is 0.0113. The van der Waals surface area contributed by atoms with Gasteiger partial charge in [0.1, 0.15) is 0 Å². The Bertz CT molecular complexity index is 625. The van der Waals surface area contributed by atoms with Gasteiger partial charge in [0.25, 0.3) is 0 Å². The Kier molecular flexibility index (Phi) is 5.67. The Labute approximate surface area is 132 Å². The Hall–Kier alpha value is -2.20. The van der Waals surface area contributed by atoms with Gasteiger partial charge in [-0.05, 0) is 50.2 Å². The van der Waals surface area contributed by atoms with Crippen molar-refractivity contribution >= 4 is 11.6 Å². The van der Waals surface area contributed by atoms with Gasteiger partial charge < -0.3 is 5.32 Å². The maximum Gasteiger partial charge on any atom is 0.238 e. The summed E-state index contributed by atoms with van der Waals surface area (Å²) in [6, 6.07) is 11.8. The fourth-order valence-electron chi connectivity index (χ4n) is 2.25. The van der Waals surface area contributed by atoms with E-state index in [2.05, 4.69) is 10.3 Å². The number of pyridine rings is 1. The van der Waals surface area contributed by atoms with E-state index in [1.807, 2.05) is 62.2 Å². The lowest BCUT2D eigenvalue weighted by Crippen LogP contribution is -2.32. The Morgan fingerprint density at radius 2 is 2.00 bits per heavy atom. The van der Waals surface area contributed by atoms with Gasteiger partial charge in [-0.3, -0.25) is 14.7 Å². The smallest absolute Gasteiger partial charge is 0.238 e. The largest absolute Gasteiger partial charge is 0.325 e. The van der Waals surface area contributed by atoms with Gasteiger partial charge in [0.15, 0.2) is 0 Å². The van der Waals surface area contributed by atoms with E-state index in [9.17, 15) is 4.79 Å². The zero-order valence-corrected chi connectivity index (χ0v) is 13.5. The van der Waals surface area contributed by atoms with Crippen LogP contribution in [-0.4, -0.2) is 35.9 Å². The maximum atomic E-state index is 12.1. The van der Waals surface area contributed by atoms with Crippen LogP contribution >= 0.6 is 0 Å². The second-order valence-corrected chi connectivity index (χ2v) is 5.60.